The third-order valence-corrected chi connectivity index (χ3v) is 4.50. The van der Waals surface area contributed by atoms with Crippen molar-refractivity contribution in [2.24, 2.45) is 0 Å². The molecule has 2 saturated heterocycles. The van der Waals surface area contributed by atoms with E-state index in [4.69, 9.17) is 0 Å². The number of hydrogen-bond acceptors (Lipinski definition) is 1. The Morgan fingerprint density at radius 2 is 1.72 bits per heavy atom. The van der Waals surface area contributed by atoms with E-state index >= 15 is 0 Å². The molecule has 98 valence electrons. The van der Waals surface area contributed by atoms with Crippen LogP contribution in [-0.4, -0.2) is 12.3 Å². The maximum Gasteiger partial charge on any atom is 0.127 e. The van der Waals surface area contributed by atoms with Crippen LogP contribution in [0.2, 0.25) is 11.6 Å². The van der Waals surface area contributed by atoms with E-state index in [0.29, 0.717) is 0 Å². The van der Waals surface area contributed by atoms with Gasteiger partial charge in [-0.05, 0) is 25.0 Å². The smallest absolute Gasteiger partial charge is 0.127 e. The first-order valence-corrected chi connectivity index (χ1v) is 7.69. The summed E-state index contributed by atoms with van der Waals surface area (Å²) in [6.07, 6.45) is 12.3. The Hall–Kier alpha value is -0.785. The van der Waals surface area contributed by atoms with Crippen LogP contribution in [0.5, 0.6) is 0 Å². The average molecular weight is 243 g/mol. The maximum atomic E-state index is 4.15. The lowest BCUT2D eigenvalue weighted by Crippen LogP contribution is -2.21. The first kappa shape index (κ1) is 13.6. The van der Waals surface area contributed by atoms with Crippen LogP contribution >= 0.6 is 0 Å². The minimum Gasteiger partial charge on any atom is -0.261 e. The fourth-order valence-corrected chi connectivity index (χ4v) is 3.33. The van der Waals surface area contributed by atoms with Crippen LogP contribution in [0.4, 0.5) is 0 Å². The van der Waals surface area contributed by atoms with Gasteiger partial charge in [-0.1, -0.05) is 63.1 Å². The molecule has 1 aromatic rings. The molecule has 1 nitrogen and oxygen atoms in total. The van der Waals surface area contributed by atoms with Crippen molar-refractivity contribution in [2.45, 2.75) is 70.4 Å². The molecule has 0 N–H and O–H groups in total. The molecule has 2 bridgehead atoms. The van der Waals surface area contributed by atoms with Gasteiger partial charge in [-0.15, -0.1) is 0 Å². The van der Waals surface area contributed by atoms with Crippen LogP contribution < -0.4 is 0 Å². The third-order valence-electron chi connectivity index (χ3n) is 4.50. The average Bonchev–Trinajstić information content (AvgIpc) is 2.41. The molecule has 1 aromatic heterocycles. The summed E-state index contributed by atoms with van der Waals surface area (Å²) in [6, 6.07) is 4.15. The van der Waals surface area contributed by atoms with E-state index in [1.807, 2.05) is 19.2 Å². The SMILES string of the molecule is B1C2CCCC1CCC2.CCc1ccc(C)nc1. The van der Waals surface area contributed by atoms with Crippen molar-refractivity contribution < 1.29 is 0 Å². The fourth-order valence-electron chi connectivity index (χ4n) is 3.33. The van der Waals surface area contributed by atoms with Gasteiger partial charge in [-0.3, -0.25) is 4.98 Å². The molecule has 0 aliphatic carbocycles. The van der Waals surface area contributed by atoms with E-state index in [0.717, 1.165) is 23.7 Å². The van der Waals surface area contributed by atoms with E-state index in [1.165, 1.54) is 18.4 Å². The highest BCUT2D eigenvalue weighted by atomic mass is 14.6. The van der Waals surface area contributed by atoms with Gasteiger partial charge in [0.1, 0.15) is 7.28 Å². The maximum absolute atomic E-state index is 4.15. The zero-order valence-electron chi connectivity index (χ0n) is 12.0. The lowest BCUT2D eigenvalue weighted by Gasteiger charge is -2.32. The van der Waals surface area contributed by atoms with Gasteiger partial charge in [0.25, 0.3) is 0 Å². The Labute approximate surface area is 113 Å². The van der Waals surface area contributed by atoms with Crippen molar-refractivity contribution >= 4 is 7.28 Å². The van der Waals surface area contributed by atoms with Crippen molar-refractivity contribution in [3.63, 3.8) is 0 Å². The number of aromatic nitrogens is 1. The lowest BCUT2D eigenvalue weighted by atomic mass is 9.44. The van der Waals surface area contributed by atoms with E-state index in [1.54, 1.807) is 33.0 Å². The van der Waals surface area contributed by atoms with E-state index in [-0.39, 0.29) is 0 Å². The van der Waals surface area contributed by atoms with Crippen molar-refractivity contribution in [3.8, 4) is 0 Å². The number of rotatable bonds is 1. The Bertz CT molecular complexity index is 327. The summed E-state index contributed by atoms with van der Waals surface area (Å²) >= 11 is 0. The second kappa shape index (κ2) is 6.96. The molecule has 2 aliphatic rings. The summed E-state index contributed by atoms with van der Waals surface area (Å²) in [4.78, 5) is 4.15. The summed E-state index contributed by atoms with van der Waals surface area (Å²) in [7, 11) is 1.58. The van der Waals surface area contributed by atoms with Gasteiger partial charge in [0.05, 0.1) is 0 Å². The summed E-state index contributed by atoms with van der Waals surface area (Å²) in [5.74, 6) is 2.30. The second-order valence-corrected chi connectivity index (χ2v) is 5.99. The van der Waals surface area contributed by atoms with Crippen LogP contribution in [0.3, 0.4) is 0 Å². The van der Waals surface area contributed by atoms with Crippen LogP contribution in [0.1, 0.15) is 56.7 Å². The monoisotopic (exact) mass is 243 g/mol. The van der Waals surface area contributed by atoms with Crippen molar-refractivity contribution in [1.29, 1.82) is 0 Å². The number of nitrogens with zero attached hydrogens (tertiary/aromatic N) is 1. The fraction of sp³-hybridized carbons (Fsp3) is 0.688. The van der Waals surface area contributed by atoms with Crippen molar-refractivity contribution in [3.05, 3.63) is 29.6 Å². The molecular formula is C16H26BN. The number of fused-ring (bicyclic) bond motifs is 2. The van der Waals surface area contributed by atoms with Gasteiger partial charge in [-0.25, -0.2) is 0 Å². The highest BCUT2D eigenvalue weighted by molar-refractivity contribution is 6.40. The first-order chi connectivity index (χ1) is 8.78. The Kier molecular flexibility index (Phi) is 5.28. The molecule has 18 heavy (non-hydrogen) atoms. The number of pyridine rings is 1. The topological polar surface area (TPSA) is 12.9 Å². The number of aryl methyl sites for hydroxylation is 2. The highest BCUT2D eigenvalue weighted by Gasteiger charge is 2.26. The zero-order valence-corrected chi connectivity index (χ0v) is 12.0. The minimum atomic E-state index is 1.08. The molecule has 3 rings (SSSR count). The predicted octanol–water partition coefficient (Wildman–Crippen LogP) is 4.32. The van der Waals surface area contributed by atoms with Crippen LogP contribution in [0.15, 0.2) is 18.3 Å². The molecule has 0 unspecified atom stereocenters. The van der Waals surface area contributed by atoms with Gasteiger partial charge in [0, 0.05) is 11.9 Å². The highest BCUT2D eigenvalue weighted by Crippen LogP contribution is 2.40. The van der Waals surface area contributed by atoms with Gasteiger partial charge >= 0.3 is 0 Å². The van der Waals surface area contributed by atoms with E-state index < -0.39 is 0 Å². The van der Waals surface area contributed by atoms with Gasteiger partial charge < -0.3 is 0 Å². The predicted molar refractivity (Wildman–Crippen MR) is 80.7 cm³/mol. The van der Waals surface area contributed by atoms with Crippen LogP contribution in [-0.2, 0) is 6.42 Å². The molecule has 2 fully saturated rings. The van der Waals surface area contributed by atoms with Crippen molar-refractivity contribution in [1.82, 2.24) is 4.98 Å². The third kappa shape index (κ3) is 4.15. The first-order valence-electron chi connectivity index (χ1n) is 7.69. The van der Waals surface area contributed by atoms with Crippen molar-refractivity contribution in [2.75, 3.05) is 0 Å². The molecule has 0 amide bonds. The minimum absolute atomic E-state index is 1.08. The molecule has 0 radical (unpaired) electrons. The molecule has 0 spiro atoms. The Morgan fingerprint density at radius 1 is 1.11 bits per heavy atom. The summed E-state index contributed by atoms with van der Waals surface area (Å²) in [5.41, 5.74) is 2.40. The lowest BCUT2D eigenvalue weighted by molar-refractivity contribution is 0.455. The van der Waals surface area contributed by atoms with Gasteiger partial charge in [0.2, 0.25) is 0 Å². The second-order valence-electron chi connectivity index (χ2n) is 5.99. The largest absolute Gasteiger partial charge is 0.261 e. The normalized spacial score (nSPS) is 25.7. The summed E-state index contributed by atoms with van der Waals surface area (Å²) in [6.45, 7) is 4.13. The summed E-state index contributed by atoms with van der Waals surface area (Å²) in [5, 5.41) is 0. The van der Waals surface area contributed by atoms with Crippen LogP contribution in [0.25, 0.3) is 0 Å². The molecule has 2 heteroatoms. The summed E-state index contributed by atoms with van der Waals surface area (Å²) < 4.78 is 0. The molecule has 0 saturated carbocycles. The standard InChI is InChI=1S/C8H15B.C8H11N/c1-3-7-5-2-6-8(4-1)9-7;1-3-8-5-4-7(2)9-6-8/h7-9H,1-6H2;4-6H,3H2,1-2H3. The molecule has 3 heterocycles. The van der Waals surface area contributed by atoms with Gasteiger partial charge in [0.15, 0.2) is 0 Å². The van der Waals surface area contributed by atoms with E-state index in [9.17, 15) is 0 Å². The molecule has 0 aromatic carbocycles. The quantitative estimate of drug-likeness (QED) is 0.669. The molecular weight excluding hydrogens is 217 g/mol. The zero-order chi connectivity index (χ0) is 12.8. The van der Waals surface area contributed by atoms with E-state index in [2.05, 4.69) is 18.0 Å². The number of hydrogen-bond donors (Lipinski definition) is 0. The molecule has 0 atom stereocenters. The Balaban J connectivity index is 0.000000134. The Morgan fingerprint density at radius 3 is 2.11 bits per heavy atom. The molecule has 2 aliphatic heterocycles. The van der Waals surface area contributed by atoms with Gasteiger partial charge in [-0.2, -0.15) is 0 Å². The van der Waals surface area contributed by atoms with Crippen LogP contribution in [0, 0.1) is 6.92 Å².